The predicted molar refractivity (Wildman–Crippen MR) is 80.1 cm³/mol. The molecule has 0 aliphatic heterocycles. The van der Waals surface area contributed by atoms with Crippen LogP contribution in [0.15, 0.2) is 22.8 Å². The summed E-state index contributed by atoms with van der Waals surface area (Å²) in [5, 5.41) is 3.74. The molecule has 0 aromatic carbocycles. The van der Waals surface area contributed by atoms with Crippen molar-refractivity contribution < 1.29 is 4.42 Å². The van der Waals surface area contributed by atoms with Crippen molar-refractivity contribution in [3.63, 3.8) is 0 Å². The van der Waals surface area contributed by atoms with Crippen molar-refractivity contribution >= 4 is 0 Å². The molecule has 2 rings (SSSR count). The average molecular weight is 263 g/mol. The van der Waals surface area contributed by atoms with E-state index in [1.807, 2.05) is 6.07 Å². The summed E-state index contributed by atoms with van der Waals surface area (Å²) in [5.41, 5.74) is 0.460. The number of furan rings is 1. The van der Waals surface area contributed by atoms with E-state index in [2.05, 4.69) is 39.1 Å². The van der Waals surface area contributed by atoms with Gasteiger partial charge in [0.2, 0.25) is 0 Å². The predicted octanol–water partition coefficient (Wildman–Crippen LogP) is 4.93. The molecule has 2 nitrogen and oxygen atoms in total. The van der Waals surface area contributed by atoms with Gasteiger partial charge < -0.3 is 9.73 Å². The van der Waals surface area contributed by atoms with Crippen LogP contribution in [0.2, 0.25) is 0 Å². The lowest BCUT2D eigenvalue weighted by atomic mass is 9.76. The zero-order valence-electron chi connectivity index (χ0n) is 12.9. The molecule has 108 valence electrons. The third-order valence-corrected chi connectivity index (χ3v) is 4.65. The van der Waals surface area contributed by atoms with Gasteiger partial charge in [0.05, 0.1) is 12.3 Å². The van der Waals surface area contributed by atoms with E-state index in [4.69, 9.17) is 4.42 Å². The molecular formula is C17H29NO. The Kier molecular flexibility index (Phi) is 4.72. The lowest BCUT2D eigenvalue weighted by Crippen LogP contribution is -2.31. The van der Waals surface area contributed by atoms with Crippen molar-refractivity contribution in [3.8, 4) is 0 Å². The highest BCUT2D eigenvalue weighted by Gasteiger charge is 2.28. The fourth-order valence-corrected chi connectivity index (χ4v) is 3.31. The van der Waals surface area contributed by atoms with Gasteiger partial charge >= 0.3 is 0 Å². The van der Waals surface area contributed by atoms with E-state index >= 15 is 0 Å². The molecule has 1 heterocycles. The van der Waals surface area contributed by atoms with E-state index in [0.29, 0.717) is 17.5 Å². The quantitative estimate of drug-likeness (QED) is 0.783. The molecule has 2 unspecified atom stereocenters. The maximum absolute atomic E-state index is 5.48. The second kappa shape index (κ2) is 6.13. The Morgan fingerprint density at radius 3 is 2.63 bits per heavy atom. The first kappa shape index (κ1) is 14.6. The molecule has 19 heavy (non-hydrogen) atoms. The molecule has 0 spiro atoms. The highest BCUT2D eigenvalue weighted by atomic mass is 16.3. The van der Waals surface area contributed by atoms with Crippen molar-refractivity contribution in [1.82, 2.24) is 5.32 Å². The van der Waals surface area contributed by atoms with Crippen LogP contribution in [-0.2, 0) is 0 Å². The lowest BCUT2D eigenvalue weighted by Gasteiger charge is -2.30. The van der Waals surface area contributed by atoms with Gasteiger partial charge in [-0.3, -0.25) is 0 Å². The van der Waals surface area contributed by atoms with E-state index in [-0.39, 0.29) is 0 Å². The van der Waals surface area contributed by atoms with Crippen LogP contribution in [0.3, 0.4) is 0 Å². The van der Waals surface area contributed by atoms with Gasteiger partial charge in [-0.25, -0.2) is 0 Å². The molecule has 1 aromatic rings. The highest BCUT2D eigenvalue weighted by Crippen LogP contribution is 2.37. The Morgan fingerprint density at radius 2 is 2.00 bits per heavy atom. The van der Waals surface area contributed by atoms with Crippen LogP contribution >= 0.6 is 0 Å². The van der Waals surface area contributed by atoms with Gasteiger partial charge in [-0.2, -0.15) is 0 Å². The van der Waals surface area contributed by atoms with E-state index in [9.17, 15) is 0 Å². The Bertz CT molecular complexity index is 363. The zero-order chi connectivity index (χ0) is 13.9. The largest absolute Gasteiger partial charge is 0.468 e. The van der Waals surface area contributed by atoms with Gasteiger partial charge in [0.25, 0.3) is 0 Å². The first-order valence-electron chi connectivity index (χ1n) is 7.76. The maximum Gasteiger partial charge on any atom is 0.120 e. The Labute approximate surface area is 118 Å². The molecule has 1 aromatic heterocycles. The van der Waals surface area contributed by atoms with E-state index in [1.165, 1.54) is 32.1 Å². The number of nitrogens with one attached hydrogen (secondary N) is 1. The summed E-state index contributed by atoms with van der Waals surface area (Å²) in [4.78, 5) is 0. The minimum Gasteiger partial charge on any atom is -0.468 e. The minimum absolute atomic E-state index is 0.325. The third-order valence-electron chi connectivity index (χ3n) is 4.65. The highest BCUT2D eigenvalue weighted by molar-refractivity contribution is 5.03. The molecule has 0 saturated heterocycles. The van der Waals surface area contributed by atoms with Gasteiger partial charge in [0, 0.05) is 6.04 Å². The van der Waals surface area contributed by atoms with Crippen molar-refractivity contribution in [1.29, 1.82) is 0 Å². The topological polar surface area (TPSA) is 25.2 Å². The summed E-state index contributed by atoms with van der Waals surface area (Å²) < 4.78 is 5.48. The molecule has 0 radical (unpaired) electrons. The van der Waals surface area contributed by atoms with Gasteiger partial charge in [-0.05, 0) is 56.1 Å². The fourth-order valence-electron chi connectivity index (χ4n) is 3.31. The lowest BCUT2D eigenvalue weighted by molar-refractivity contribution is 0.213. The number of hydrogen-bond acceptors (Lipinski definition) is 2. The van der Waals surface area contributed by atoms with Crippen LogP contribution in [0.4, 0.5) is 0 Å². The molecule has 1 aliphatic rings. The molecule has 1 fully saturated rings. The van der Waals surface area contributed by atoms with Crippen molar-refractivity contribution in [2.75, 3.05) is 0 Å². The van der Waals surface area contributed by atoms with Crippen LogP contribution in [0.1, 0.15) is 71.6 Å². The first-order valence-corrected chi connectivity index (χ1v) is 7.76. The summed E-state index contributed by atoms with van der Waals surface area (Å²) in [5.74, 6) is 1.93. The summed E-state index contributed by atoms with van der Waals surface area (Å²) in [7, 11) is 0. The maximum atomic E-state index is 5.48. The summed E-state index contributed by atoms with van der Waals surface area (Å²) in [6, 6.07) is 5.00. The zero-order valence-corrected chi connectivity index (χ0v) is 12.9. The molecule has 0 amide bonds. The van der Waals surface area contributed by atoms with E-state index in [0.717, 1.165) is 11.7 Å². The van der Waals surface area contributed by atoms with Crippen LogP contribution in [0.5, 0.6) is 0 Å². The van der Waals surface area contributed by atoms with Crippen molar-refractivity contribution in [2.45, 2.75) is 71.9 Å². The fraction of sp³-hybridized carbons (Fsp3) is 0.765. The summed E-state index contributed by atoms with van der Waals surface area (Å²) >= 11 is 0. The third kappa shape index (κ3) is 4.10. The SMILES string of the molecule is C[C@@H](NC1CCCC(C(C)(C)C)CC1)c1ccco1. The van der Waals surface area contributed by atoms with Crippen molar-refractivity contribution in [2.24, 2.45) is 11.3 Å². The summed E-state index contributed by atoms with van der Waals surface area (Å²) in [6.45, 7) is 9.36. The van der Waals surface area contributed by atoms with Crippen LogP contribution in [-0.4, -0.2) is 6.04 Å². The molecular weight excluding hydrogens is 234 g/mol. The second-order valence-corrected chi connectivity index (χ2v) is 7.17. The smallest absolute Gasteiger partial charge is 0.120 e. The van der Waals surface area contributed by atoms with Crippen LogP contribution < -0.4 is 5.32 Å². The van der Waals surface area contributed by atoms with E-state index in [1.54, 1.807) is 6.26 Å². The monoisotopic (exact) mass is 263 g/mol. The molecule has 3 atom stereocenters. The number of rotatable bonds is 3. The van der Waals surface area contributed by atoms with Crippen LogP contribution in [0, 0.1) is 11.3 Å². The minimum atomic E-state index is 0.325. The molecule has 1 N–H and O–H groups in total. The van der Waals surface area contributed by atoms with Gasteiger partial charge in [0.15, 0.2) is 0 Å². The van der Waals surface area contributed by atoms with E-state index < -0.39 is 0 Å². The normalized spacial score (nSPS) is 26.9. The molecule has 2 heteroatoms. The summed E-state index contributed by atoms with van der Waals surface area (Å²) in [6.07, 6.45) is 8.45. The standard InChI is InChI=1S/C17H29NO/c1-13(16-9-6-12-19-16)18-15-8-5-7-14(10-11-15)17(2,3)4/h6,9,12-15,18H,5,7-8,10-11H2,1-4H3/t13-,14?,15?/m1/s1. The molecule has 0 bridgehead atoms. The Morgan fingerprint density at radius 1 is 1.21 bits per heavy atom. The average Bonchev–Trinajstić information content (AvgIpc) is 2.75. The first-order chi connectivity index (χ1) is 8.97. The van der Waals surface area contributed by atoms with Crippen LogP contribution in [0.25, 0.3) is 0 Å². The second-order valence-electron chi connectivity index (χ2n) is 7.17. The molecule has 1 saturated carbocycles. The Hall–Kier alpha value is -0.760. The van der Waals surface area contributed by atoms with Gasteiger partial charge in [-0.15, -0.1) is 0 Å². The van der Waals surface area contributed by atoms with Gasteiger partial charge in [0.1, 0.15) is 5.76 Å². The van der Waals surface area contributed by atoms with Gasteiger partial charge in [-0.1, -0.05) is 27.2 Å². The Balaban J connectivity index is 1.86. The number of hydrogen-bond donors (Lipinski definition) is 1. The molecule has 1 aliphatic carbocycles. The van der Waals surface area contributed by atoms with Crippen molar-refractivity contribution in [3.05, 3.63) is 24.2 Å².